The van der Waals surface area contributed by atoms with Crippen molar-refractivity contribution in [3.63, 3.8) is 0 Å². The number of nitrogens with zero attached hydrogens (tertiary/aromatic N) is 2. The maximum Gasteiger partial charge on any atom is 0.191 e. The molecule has 0 aromatic carbocycles. The summed E-state index contributed by atoms with van der Waals surface area (Å²) in [5.41, 5.74) is 0. The van der Waals surface area contributed by atoms with Gasteiger partial charge in [-0.1, -0.05) is 26.7 Å². The Morgan fingerprint density at radius 2 is 2.27 bits per heavy atom. The molecule has 1 aromatic rings. The van der Waals surface area contributed by atoms with Crippen molar-refractivity contribution < 1.29 is 0 Å². The first-order valence-electron chi connectivity index (χ1n) is 8.69. The zero-order valence-corrected chi connectivity index (χ0v) is 15.0. The predicted octanol–water partition coefficient (Wildman–Crippen LogP) is 3.38. The van der Waals surface area contributed by atoms with Crippen LogP contribution in [0.4, 0.5) is 0 Å². The molecule has 5 heteroatoms. The number of aromatic nitrogens is 1. The number of rotatable bonds is 6. The van der Waals surface area contributed by atoms with Crippen LogP contribution >= 0.6 is 11.3 Å². The summed E-state index contributed by atoms with van der Waals surface area (Å²) in [7, 11) is 0. The monoisotopic (exact) mass is 322 g/mol. The Hall–Kier alpha value is -1.10. The third-order valence-electron chi connectivity index (χ3n) is 4.17. The minimum Gasteiger partial charge on any atom is -0.357 e. The SMILES string of the molecule is CCNC(=NCCc1ncc(CC)s1)NC1CCCC(C)C1. The van der Waals surface area contributed by atoms with Crippen molar-refractivity contribution in [3.8, 4) is 0 Å². The quantitative estimate of drug-likeness (QED) is 0.623. The van der Waals surface area contributed by atoms with Crippen LogP contribution in [0, 0.1) is 5.92 Å². The van der Waals surface area contributed by atoms with Crippen LogP contribution in [0.5, 0.6) is 0 Å². The molecule has 1 aliphatic carbocycles. The minimum atomic E-state index is 0.577. The van der Waals surface area contributed by atoms with E-state index in [0.29, 0.717) is 6.04 Å². The van der Waals surface area contributed by atoms with E-state index < -0.39 is 0 Å². The van der Waals surface area contributed by atoms with Gasteiger partial charge in [0, 0.05) is 36.6 Å². The fraction of sp³-hybridized carbons (Fsp3) is 0.765. The molecule has 1 fully saturated rings. The zero-order valence-electron chi connectivity index (χ0n) is 14.2. The summed E-state index contributed by atoms with van der Waals surface area (Å²) in [5.74, 6) is 1.80. The average Bonchev–Trinajstić information content (AvgIpc) is 2.95. The first kappa shape index (κ1) is 17.3. The van der Waals surface area contributed by atoms with Gasteiger partial charge in [0.05, 0.1) is 5.01 Å². The zero-order chi connectivity index (χ0) is 15.8. The standard InChI is InChI=1S/C17H30N4S/c1-4-15-12-20-16(22-15)9-10-19-17(18-5-2)21-14-8-6-7-13(3)11-14/h12-14H,4-11H2,1-3H3,(H2,18,19,21). The molecule has 4 nitrogen and oxygen atoms in total. The third kappa shape index (κ3) is 5.59. The van der Waals surface area contributed by atoms with Crippen molar-refractivity contribution in [3.05, 3.63) is 16.1 Å². The van der Waals surface area contributed by atoms with Crippen LogP contribution in [0.3, 0.4) is 0 Å². The number of thiazole rings is 1. The number of aliphatic imine (C=N–C) groups is 1. The average molecular weight is 323 g/mol. The second-order valence-corrected chi connectivity index (χ2v) is 7.40. The van der Waals surface area contributed by atoms with Crippen LogP contribution in [0.25, 0.3) is 0 Å². The molecular formula is C17H30N4S. The fourth-order valence-corrected chi connectivity index (χ4v) is 3.82. The molecule has 0 saturated heterocycles. The lowest BCUT2D eigenvalue weighted by atomic mass is 9.87. The van der Waals surface area contributed by atoms with Crippen LogP contribution < -0.4 is 10.6 Å². The van der Waals surface area contributed by atoms with E-state index in [1.165, 1.54) is 35.6 Å². The van der Waals surface area contributed by atoms with Gasteiger partial charge in [-0.25, -0.2) is 4.98 Å². The number of nitrogens with one attached hydrogen (secondary N) is 2. The molecule has 2 atom stereocenters. The summed E-state index contributed by atoms with van der Waals surface area (Å²) >= 11 is 1.81. The summed E-state index contributed by atoms with van der Waals surface area (Å²) in [6.45, 7) is 8.36. The van der Waals surface area contributed by atoms with Crippen molar-refractivity contribution in [1.82, 2.24) is 15.6 Å². The number of aryl methyl sites for hydroxylation is 1. The van der Waals surface area contributed by atoms with E-state index >= 15 is 0 Å². The molecule has 22 heavy (non-hydrogen) atoms. The van der Waals surface area contributed by atoms with E-state index in [0.717, 1.165) is 37.8 Å². The maximum absolute atomic E-state index is 4.72. The van der Waals surface area contributed by atoms with E-state index in [-0.39, 0.29) is 0 Å². The van der Waals surface area contributed by atoms with Crippen molar-refractivity contribution in [1.29, 1.82) is 0 Å². The normalized spacial score (nSPS) is 22.6. The van der Waals surface area contributed by atoms with Gasteiger partial charge in [-0.3, -0.25) is 4.99 Å². The molecule has 0 bridgehead atoms. The van der Waals surface area contributed by atoms with Gasteiger partial charge in [-0.2, -0.15) is 0 Å². The van der Waals surface area contributed by atoms with Crippen molar-refractivity contribution in [2.45, 2.75) is 65.3 Å². The molecule has 0 aliphatic heterocycles. The summed E-state index contributed by atoms with van der Waals surface area (Å²) < 4.78 is 0. The molecule has 1 saturated carbocycles. The van der Waals surface area contributed by atoms with Gasteiger partial charge < -0.3 is 10.6 Å². The van der Waals surface area contributed by atoms with Crippen LogP contribution in [0.2, 0.25) is 0 Å². The molecule has 1 heterocycles. The van der Waals surface area contributed by atoms with Gasteiger partial charge >= 0.3 is 0 Å². The Morgan fingerprint density at radius 3 is 2.95 bits per heavy atom. The van der Waals surface area contributed by atoms with Crippen LogP contribution in [-0.2, 0) is 12.8 Å². The first-order valence-corrected chi connectivity index (χ1v) is 9.51. The van der Waals surface area contributed by atoms with Gasteiger partial charge in [0.15, 0.2) is 5.96 Å². The molecule has 0 amide bonds. The molecule has 0 radical (unpaired) electrons. The predicted molar refractivity (Wildman–Crippen MR) is 95.7 cm³/mol. The minimum absolute atomic E-state index is 0.577. The van der Waals surface area contributed by atoms with Gasteiger partial charge in [0.25, 0.3) is 0 Å². The number of hydrogen-bond acceptors (Lipinski definition) is 3. The van der Waals surface area contributed by atoms with Crippen LogP contribution in [0.1, 0.15) is 56.3 Å². The van der Waals surface area contributed by atoms with E-state index in [9.17, 15) is 0 Å². The Bertz CT molecular complexity index is 469. The smallest absolute Gasteiger partial charge is 0.191 e. The topological polar surface area (TPSA) is 49.3 Å². The largest absolute Gasteiger partial charge is 0.357 e. The maximum atomic E-state index is 4.72. The van der Waals surface area contributed by atoms with Gasteiger partial charge in [0.1, 0.15) is 0 Å². The summed E-state index contributed by atoms with van der Waals surface area (Å²) in [6, 6.07) is 0.577. The van der Waals surface area contributed by atoms with Crippen molar-refractivity contribution in [2.75, 3.05) is 13.1 Å². The molecule has 1 aliphatic rings. The highest BCUT2D eigenvalue weighted by Gasteiger charge is 2.19. The highest BCUT2D eigenvalue weighted by atomic mass is 32.1. The molecule has 2 N–H and O–H groups in total. The molecule has 2 rings (SSSR count). The Morgan fingerprint density at radius 1 is 1.41 bits per heavy atom. The number of guanidine groups is 1. The van der Waals surface area contributed by atoms with E-state index in [4.69, 9.17) is 4.99 Å². The molecule has 2 unspecified atom stereocenters. The summed E-state index contributed by atoms with van der Waals surface area (Å²) in [4.78, 5) is 10.5. The van der Waals surface area contributed by atoms with Crippen LogP contribution in [-0.4, -0.2) is 30.1 Å². The Balaban J connectivity index is 1.83. The molecule has 124 valence electrons. The van der Waals surface area contributed by atoms with Gasteiger partial charge in [0.2, 0.25) is 0 Å². The van der Waals surface area contributed by atoms with E-state index in [2.05, 4.69) is 36.4 Å². The molecule has 1 aromatic heterocycles. The van der Waals surface area contributed by atoms with E-state index in [1.54, 1.807) is 0 Å². The van der Waals surface area contributed by atoms with E-state index in [1.807, 2.05) is 17.5 Å². The van der Waals surface area contributed by atoms with Gasteiger partial charge in [-0.15, -0.1) is 11.3 Å². The first-order chi connectivity index (χ1) is 10.7. The van der Waals surface area contributed by atoms with Gasteiger partial charge in [-0.05, 0) is 32.1 Å². The Labute approximate surface area is 138 Å². The highest BCUT2D eigenvalue weighted by molar-refractivity contribution is 7.11. The molecule has 0 spiro atoms. The second kappa shape index (κ2) is 9.13. The lowest BCUT2D eigenvalue weighted by Crippen LogP contribution is -2.45. The highest BCUT2D eigenvalue weighted by Crippen LogP contribution is 2.23. The third-order valence-corrected chi connectivity index (χ3v) is 5.37. The lowest BCUT2D eigenvalue weighted by molar-refractivity contribution is 0.324. The van der Waals surface area contributed by atoms with Crippen molar-refractivity contribution in [2.24, 2.45) is 10.9 Å². The Kier molecular flexibility index (Phi) is 7.16. The fourth-order valence-electron chi connectivity index (χ4n) is 2.97. The summed E-state index contributed by atoms with van der Waals surface area (Å²) in [5, 5.41) is 8.18. The lowest BCUT2D eigenvalue weighted by Gasteiger charge is -2.28. The molecular weight excluding hydrogens is 292 g/mol. The summed E-state index contributed by atoms with van der Waals surface area (Å²) in [6.07, 6.45) is 9.23. The second-order valence-electron chi connectivity index (χ2n) is 6.20. The van der Waals surface area contributed by atoms with Crippen molar-refractivity contribution >= 4 is 17.3 Å². The number of hydrogen-bond donors (Lipinski definition) is 2. The van der Waals surface area contributed by atoms with Crippen LogP contribution in [0.15, 0.2) is 11.2 Å².